The van der Waals surface area contributed by atoms with Crippen LogP contribution in [0, 0.1) is 0 Å². The lowest BCUT2D eigenvalue weighted by molar-refractivity contribution is -0.130. The first kappa shape index (κ1) is 16.5. The minimum Gasteiger partial charge on any atom is -0.381 e. The largest absolute Gasteiger partial charge is 0.381 e. The van der Waals surface area contributed by atoms with Crippen LogP contribution in [0.1, 0.15) is 25.3 Å². The number of nitrogens with one attached hydrogen (secondary N) is 2. The Morgan fingerprint density at radius 2 is 1.95 bits per heavy atom. The van der Waals surface area contributed by atoms with E-state index in [-0.39, 0.29) is 11.9 Å². The molecule has 1 aromatic carbocycles. The SMILES string of the molecule is CNC(C)CNC(=O)C1(c2ccc(Br)cc2)CCOCC1. The summed E-state index contributed by atoms with van der Waals surface area (Å²) in [4.78, 5) is 12.8. The van der Waals surface area contributed by atoms with Gasteiger partial charge in [0.05, 0.1) is 5.41 Å². The molecule has 0 aliphatic carbocycles. The van der Waals surface area contributed by atoms with Gasteiger partial charge >= 0.3 is 0 Å². The lowest BCUT2D eigenvalue weighted by atomic mass is 9.73. The van der Waals surface area contributed by atoms with Gasteiger partial charge in [0, 0.05) is 30.3 Å². The summed E-state index contributed by atoms with van der Waals surface area (Å²) in [6, 6.07) is 8.33. The third kappa shape index (κ3) is 3.84. The topological polar surface area (TPSA) is 50.4 Å². The van der Waals surface area contributed by atoms with Gasteiger partial charge < -0.3 is 15.4 Å². The molecule has 1 aliphatic rings. The van der Waals surface area contributed by atoms with Crippen molar-refractivity contribution in [2.45, 2.75) is 31.2 Å². The second-order valence-electron chi connectivity index (χ2n) is 5.60. The van der Waals surface area contributed by atoms with Gasteiger partial charge in [-0.25, -0.2) is 0 Å². The molecule has 4 nitrogen and oxygen atoms in total. The van der Waals surface area contributed by atoms with Crippen LogP contribution in [0.4, 0.5) is 0 Å². The lowest BCUT2D eigenvalue weighted by Crippen LogP contribution is -2.50. The summed E-state index contributed by atoms with van der Waals surface area (Å²) in [6.45, 7) is 3.95. The number of ether oxygens (including phenoxy) is 1. The van der Waals surface area contributed by atoms with Crippen molar-refractivity contribution >= 4 is 21.8 Å². The third-order valence-corrected chi connectivity index (χ3v) is 4.77. The Balaban J connectivity index is 2.20. The van der Waals surface area contributed by atoms with E-state index in [0.29, 0.717) is 19.8 Å². The molecule has 0 aromatic heterocycles. The molecule has 1 amide bonds. The fourth-order valence-corrected chi connectivity index (χ4v) is 2.92. The Kier molecular flexibility index (Phi) is 5.79. The number of carbonyl (C=O) groups excluding carboxylic acids is 1. The molecule has 1 saturated heterocycles. The van der Waals surface area contributed by atoms with Gasteiger partial charge in [0.1, 0.15) is 0 Å². The van der Waals surface area contributed by atoms with E-state index in [1.165, 1.54) is 0 Å². The maximum absolute atomic E-state index is 12.8. The second kappa shape index (κ2) is 7.38. The number of carbonyl (C=O) groups is 1. The van der Waals surface area contributed by atoms with E-state index in [1.807, 2.05) is 31.3 Å². The molecule has 2 N–H and O–H groups in total. The first-order valence-electron chi connectivity index (χ1n) is 7.38. The van der Waals surface area contributed by atoms with Crippen LogP contribution in [0.3, 0.4) is 0 Å². The van der Waals surface area contributed by atoms with E-state index in [1.54, 1.807) is 0 Å². The van der Waals surface area contributed by atoms with Crippen LogP contribution >= 0.6 is 15.9 Å². The van der Waals surface area contributed by atoms with Crippen molar-refractivity contribution in [2.24, 2.45) is 0 Å². The number of likely N-dealkylation sites (N-methyl/N-ethyl adjacent to an activating group) is 1. The van der Waals surface area contributed by atoms with Gasteiger partial charge in [-0.3, -0.25) is 4.79 Å². The Morgan fingerprint density at radius 1 is 1.33 bits per heavy atom. The van der Waals surface area contributed by atoms with E-state index in [9.17, 15) is 4.79 Å². The number of halogens is 1. The molecule has 1 fully saturated rings. The highest BCUT2D eigenvalue weighted by Crippen LogP contribution is 2.35. The molecule has 0 radical (unpaired) electrons. The number of amides is 1. The van der Waals surface area contributed by atoms with E-state index in [4.69, 9.17) is 4.74 Å². The minimum absolute atomic E-state index is 0.107. The number of rotatable bonds is 5. The molecule has 0 bridgehead atoms. The van der Waals surface area contributed by atoms with Crippen LogP contribution in [-0.4, -0.2) is 38.8 Å². The van der Waals surface area contributed by atoms with E-state index < -0.39 is 5.41 Å². The Morgan fingerprint density at radius 3 is 2.52 bits per heavy atom. The summed E-state index contributed by atoms with van der Waals surface area (Å²) in [7, 11) is 1.90. The van der Waals surface area contributed by atoms with Crippen molar-refractivity contribution in [3.05, 3.63) is 34.3 Å². The quantitative estimate of drug-likeness (QED) is 0.852. The van der Waals surface area contributed by atoms with Crippen LogP contribution < -0.4 is 10.6 Å². The van der Waals surface area contributed by atoms with Crippen LogP contribution in [-0.2, 0) is 14.9 Å². The monoisotopic (exact) mass is 354 g/mol. The zero-order valence-electron chi connectivity index (χ0n) is 12.6. The highest BCUT2D eigenvalue weighted by Gasteiger charge is 2.41. The molecule has 1 atom stereocenters. The standard InChI is InChI=1S/C16H23BrN2O2/c1-12(18-2)11-19-15(20)16(7-9-21-10-8-16)13-3-5-14(17)6-4-13/h3-6,12,18H,7-11H2,1-2H3,(H,19,20). The highest BCUT2D eigenvalue weighted by molar-refractivity contribution is 9.10. The van der Waals surface area contributed by atoms with Crippen molar-refractivity contribution < 1.29 is 9.53 Å². The minimum atomic E-state index is -0.466. The van der Waals surface area contributed by atoms with Crippen molar-refractivity contribution in [2.75, 3.05) is 26.8 Å². The van der Waals surface area contributed by atoms with Gasteiger partial charge in [0.2, 0.25) is 5.91 Å². The summed E-state index contributed by atoms with van der Waals surface area (Å²) in [6.07, 6.45) is 1.46. The highest BCUT2D eigenvalue weighted by atomic mass is 79.9. The van der Waals surface area contributed by atoms with Crippen LogP contribution in [0.5, 0.6) is 0 Å². The summed E-state index contributed by atoms with van der Waals surface area (Å²) in [5.74, 6) is 0.107. The lowest BCUT2D eigenvalue weighted by Gasteiger charge is -2.36. The normalized spacial score (nSPS) is 19.0. The zero-order valence-corrected chi connectivity index (χ0v) is 14.2. The molecule has 1 heterocycles. The molecule has 21 heavy (non-hydrogen) atoms. The maximum atomic E-state index is 12.8. The third-order valence-electron chi connectivity index (χ3n) is 4.24. The number of benzene rings is 1. The molecule has 5 heteroatoms. The fourth-order valence-electron chi connectivity index (χ4n) is 2.65. The molecule has 1 aromatic rings. The van der Waals surface area contributed by atoms with Crippen molar-refractivity contribution in [1.29, 1.82) is 0 Å². The second-order valence-corrected chi connectivity index (χ2v) is 6.52. The molecule has 2 rings (SSSR count). The first-order valence-corrected chi connectivity index (χ1v) is 8.17. The molecule has 0 spiro atoms. The van der Waals surface area contributed by atoms with Crippen LogP contribution in [0.25, 0.3) is 0 Å². The predicted molar refractivity (Wildman–Crippen MR) is 87.4 cm³/mol. The van der Waals surface area contributed by atoms with Gasteiger partial charge in [0.15, 0.2) is 0 Å². The first-order chi connectivity index (χ1) is 10.1. The summed E-state index contributed by atoms with van der Waals surface area (Å²) in [5, 5.41) is 6.23. The molecule has 1 aliphatic heterocycles. The molecule has 0 saturated carbocycles. The Hall–Kier alpha value is -0.910. The Bertz CT molecular complexity index is 470. The predicted octanol–water partition coefficient (Wildman–Crippen LogP) is 2.22. The van der Waals surface area contributed by atoms with Gasteiger partial charge in [-0.15, -0.1) is 0 Å². The number of hydrogen-bond donors (Lipinski definition) is 2. The molecular formula is C16H23BrN2O2. The van der Waals surface area contributed by atoms with Gasteiger partial charge in [-0.2, -0.15) is 0 Å². The van der Waals surface area contributed by atoms with Crippen LogP contribution in [0.2, 0.25) is 0 Å². The van der Waals surface area contributed by atoms with Crippen molar-refractivity contribution in [3.8, 4) is 0 Å². The van der Waals surface area contributed by atoms with Gasteiger partial charge in [-0.1, -0.05) is 28.1 Å². The van der Waals surface area contributed by atoms with Crippen LogP contribution in [0.15, 0.2) is 28.7 Å². The smallest absolute Gasteiger partial charge is 0.230 e. The van der Waals surface area contributed by atoms with E-state index >= 15 is 0 Å². The summed E-state index contributed by atoms with van der Waals surface area (Å²) < 4.78 is 6.49. The summed E-state index contributed by atoms with van der Waals surface area (Å²) in [5.41, 5.74) is 0.607. The molecule has 116 valence electrons. The van der Waals surface area contributed by atoms with Gasteiger partial charge in [0.25, 0.3) is 0 Å². The zero-order chi connectivity index (χ0) is 15.3. The van der Waals surface area contributed by atoms with E-state index in [0.717, 1.165) is 22.9 Å². The summed E-state index contributed by atoms with van der Waals surface area (Å²) >= 11 is 3.45. The number of hydrogen-bond acceptors (Lipinski definition) is 3. The van der Waals surface area contributed by atoms with Gasteiger partial charge in [-0.05, 0) is 44.5 Å². The van der Waals surface area contributed by atoms with Crippen molar-refractivity contribution in [3.63, 3.8) is 0 Å². The van der Waals surface area contributed by atoms with Crippen molar-refractivity contribution in [1.82, 2.24) is 10.6 Å². The Labute approximate surface area is 134 Å². The average molecular weight is 355 g/mol. The average Bonchev–Trinajstić information content (AvgIpc) is 2.53. The maximum Gasteiger partial charge on any atom is 0.230 e. The van der Waals surface area contributed by atoms with E-state index in [2.05, 4.69) is 33.5 Å². The molecule has 1 unspecified atom stereocenters. The molecular weight excluding hydrogens is 332 g/mol. The fraction of sp³-hybridized carbons (Fsp3) is 0.562.